The van der Waals surface area contributed by atoms with Gasteiger partial charge in [0.2, 0.25) is 5.82 Å². The second kappa shape index (κ2) is 8.17. The average molecular weight is 480 g/mol. The summed E-state index contributed by atoms with van der Waals surface area (Å²) in [4.78, 5) is 16.5. The molecule has 34 heavy (non-hydrogen) atoms. The normalized spacial score (nSPS) is 19.6. The zero-order chi connectivity index (χ0) is 24.2. The van der Waals surface area contributed by atoms with Gasteiger partial charge in [0.05, 0.1) is 22.1 Å². The number of aryl methyl sites for hydroxylation is 1. The van der Waals surface area contributed by atoms with E-state index in [0.29, 0.717) is 40.9 Å². The van der Waals surface area contributed by atoms with E-state index in [9.17, 15) is 9.90 Å². The topological polar surface area (TPSA) is 90.4 Å². The number of benzene rings is 2. The van der Waals surface area contributed by atoms with Crippen molar-refractivity contribution in [2.45, 2.75) is 45.6 Å². The summed E-state index contributed by atoms with van der Waals surface area (Å²) in [5, 5.41) is 15.5. The molecule has 2 atom stereocenters. The zero-order valence-corrected chi connectivity index (χ0v) is 20.3. The monoisotopic (exact) mass is 479 g/mol. The van der Waals surface area contributed by atoms with Crippen LogP contribution in [0.1, 0.15) is 45.1 Å². The number of carboxylic acids is 1. The highest BCUT2D eigenvalue weighted by Gasteiger charge is 2.60. The molecule has 1 fully saturated rings. The maximum Gasteiger partial charge on any atom is 0.310 e. The highest BCUT2D eigenvalue weighted by Crippen LogP contribution is 2.63. The number of hydrogen-bond acceptors (Lipinski definition) is 5. The van der Waals surface area contributed by atoms with Crippen LogP contribution >= 0.6 is 11.6 Å². The first-order chi connectivity index (χ1) is 16.2. The van der Waals surface area contributed by atoms with Crippen molar-refractivity contribution >= 4 is 28.5 Å². The summed E-state index contributed by atoms with van der Waals surface area (Å²) in [5.74, 6) is 0.703. The Kier molecular flexibility index (Phi) is 5.40. The van der Waals surface area contributed by atoms with Crippen molar-refractivity contribution < 1.29 is 19.2 Å². The standard InChI is InChI=1S/C26H26ClN3O4/c1-5-26(25(31)32)12-19(26)18-13-30(4)22-16(18)7-6-8-17(22)23-28-24(34-29-23)15-9-10-21(20(27)11-15)33-14(2)3/h6-11,13-14,19H,5,12H2,1-4H3,(H,31,32). The lowest BCUT2D eigenvalue weighted by Gasteiger charge is -2.11. The number of carbonyl (C=O) groups is 1. The quantitative estimate of drug-likeness (QED) is 0.334. The minimum atomic E-state index is -0.723. The van der Waals surface area contributed by atoms with Gasteiger partial charge in [-0.25, -0.2) is 0 Å². The van der Waals surface area contributed by atoms with Crippen molar-refractivity contribution in [1.29, 1.82) is 0 Å². The zero-order valence-electron chi connectivity index (χ0n) is 19.5. The summed E-state index contributed by atoms with van der Waals surface area (Å²) in [7, 11) is 1.96. The molecule has 1 N–H and O–H groups in total. The molecule has 0 saturated heterocycles. The summed E-state index contributed by atoms with van der Waals surface area (Å²) in [5.41, 5.74) is 2.86. The van der Waals surface area contributed by atoms with Crippen LogP contribution in [0.25, 0.3) is 33.7 Å². The highest BCUT2D eigenvalue weighted by atomic mass is 35.5. The van der Waals surface area contributed by atoms with Crippen molar-refractivity contribution in [3.05, 3.63) is 53.2 Å². The first kappa shape index (κ1) is 22.5. The predicted octanol–water partition coefficient (Wildman–Crippen LogP) is 6.30. The number of aliphatic carboxylic acids is 1. The Hall–Kier alpha value is -3.32. The van der Waals surface area contributed by atoms with Gasteiger partial charge in [0.15, 0.2) is 0 Å². The highest BCUT2D eigenvalue weighted by molar-refractivity contribution is 6.32. The average Bonchev–Trinajstić information content (AvgIpc) is 3.17. The van der Waals surface area contributed by atoms with Crippen LogP contribution in [-0.4, -0.2) is 31.9 Å². The summed E-state index contributed by atoms with van der Waals surface area (Å²) >= 11 is 6.38. The van der Waals surface area contributed by atoms with E-state index >= 15 is 0 Å². The van der Waals surface area contributed by atoms with Crippen LogP contribution in [0.2, 0.25) is 5.02 Å². The Balaban J connectivity index is 1.52. The smallest absolute Gasteiger partial charge is 0.310 e. The molecular formula is C26H26ClN3O4. The maximum absolute atomic E-state index is 11.9. The van der Waals surface area contributed by atoms with E-state index in [-0.39, 0.29) is 12.0 Å². The Morgan fingerprint density at radius 3 is 2.79 bits per heavy atom. The van der Waals surface area contributed by atoms with Gasteiger partial charge >= 0.3 is 5.97 Å². The van der Waals surface area contributed by atoms with Crippen molar-refractivity contribution in [3.63, 3.8) is 0 Å². The minimum absolute atomic E-state index is 0.00323. The van der Waals surface area contributed by atoms with E-state index < -0.39 is 11.4 Å². The van der Waals surface area contributed by atoms with Crippen LogP contribution in [0.4, 0.5) is 0 Å². The third-order valence-electron chi connectivity index (χ3n) is 6.75. The molecule has 2 aromatic heterocycles. The van der Waals surface area contributed by atoms with E-state index in [0.717, 1.165) is 22.0 Å². The fourth-order valence-corrected chi connectivity index (χ4v) is 5.11. The Morgan fingerprint density at radius 1 is 1.35 bits per heavy atom. The van der Waals surface area contributed by atoms with Crippen molar-refractivity contribution in [1.82, 2.24) is 14.7 Å². The van der Waals surface area contributed by atoms with Crippen molar-refractivity contribution in [2.75, 3.05) is 0 Å². The second-order valence-corrected chi connectivity index (χ2v) is 9.61. The molecule has 1 saturated carbocycles. The molecule has 0 aliphatic heterocycles. The van der Waals surface area contributed by atoms with Crippen molar-refractivity contribution in [3.8, 4) is 28.6 Å². The molecule has 2 aromatic carbocycles. The van der Waals surface area contributed by atoms with Crippen LogP contribution in [0.15, 0.2) is 47.1 Å². The van der Waals surface area contributed by atoms with Gasteiger partial charge in [-0.15, -0.1) is 0 Å². The van der Waals surface area contributed by atoms with Gasteiger partial charge in [0, 0.05) is 35.7 Å². The number of para-hydroxylation sites is 1. The summed E-state index contributed by atoms with van der Waals surface area (Å²) in [6.45, 7) is 5.83. The SMILES string of the molecule is CCC1(C(=O)O)CC1c1cn(C)c2c(-c3noc(-c4ccc(OC(C)C)c(Cl)c4)n3)cccc12. The van der Waals surface area contributed by atoms with Gasteiger partial charge in [0.1, 0.15) is 5.75 Å². The van der Waals surface area contributed by atoms with E-state index in [1.54, 1.807) is 12.1 Å². The Labute approximate surface area is 202 Å². The second-order valence-electron chi connectivity index (χ2n) is 9.20. The Bertz CT molecular complexity index is 1410. The summed E-state index contributed by atoms with van der Waals surface area (Å²) < 4.78 is 13.3. The fourth-order valence-electron chi connectivity index (χ4n) is 4.88. The van der Waals surface area contributed by atoms with E-state index in [2.05, 4.69) is 10.1 Å². The first-order valence-electron chi connectivity index (χ1n) is 11.4. The molecule has 0 amide bonds. The maximum atomic E-state index is 11.9. The predicted molar refractivity (Wildman–Crippen MR) is 130 cm³/mol. The number of carboxylic acid groups (broad SMARTS) is 1. The minimum Gasteiger partial charge on any atom is -0.489 e. The summed E-state index contributed by atoms with van der Waals surface area (Å²) in [6.07, 6.45) is 3.32. The lowest BCUT2D eigenvalue weighted by atomic mass is 9.96. The van der Waals surface area contributed by atoms with Crippen LogP contribution in [0, 0.1) is 5.41 Å². The molecule has 0 bridgehead atoms. The van der Waals surface area contributed by atoms with Crippen LogP contribution in [-0.2, 0) is 11.8 Å². The van der Waals surface area contributed by atoms with Gasteiger partial charge in [0.25, 0.3) is 5.89 Å². The lowest BCUT2D eigenvalue weighted by Crippen LogP contribution is -2.15. The molecular weight excluding hydrogens is 454 g/mol. The van der Waals surface area contributed by atoms with Gasteiger partial charge in [-0.1, -0.05) is 35.8 Å². The molecule has 0 radical (unpaired) electrons. The van der Waals surface area contributed by atoms with Gasteiger partial charge in [-0.05, 0) is 56.5 Å². The Morgan fingerprint density at radius 2 is 2.15 bits per heavy atom. The van der Waals surface area contributed by atoms with Crippen LogP contribution in [0.5, 0.6) is 5.75 Å². The molecule has 0 spiro atoms. The van der Waals surface area contributed by atoms with Crippen LogP contribution in [0.3, 0.4) is 0 Å². The molecule has 7 nitrogen and oxygen atoms in total. The number of aromatic nitrogens is 3. The molecule has 4 aromatic rings. The van der Waals surface area contributed by atoms with E-state index in [1.165, 1.54) is 0 Å². The number of fused-ring (bicyclic) bond motifs is 1. The van der Waals surface area contributed by atoms with Crippen molar-refractivity contribution in [2.24, 2.45) is 12.5 Å². The molecule has 2 heterocycles. The lowest BCUT2D eigenvalue weighted by molar-refractivity contribution is -0.143. The molecule has 5 rings (SSSR count). The third kappa shape index (κ3) is 3.55. The summed E-state index contributed by atoms with van der Waals surface area (Å²) in [6, 6.07) is 11.3. The molecule has 2 unspecified atom stereocenters. The number of halogens is 1. The van der Waals surface area contributed by atoms with Gasteiger partial charge in [-0.2, -0.15) is 4.98 Å². The van der Waals surface area contributed by atoms with Gasteiger partial charge in [-0.3, -0.25) is 4.79 Å². The number of hydrogen-bond donors (Lipinski definition) is 1. The largest absolute Gasteiger partial charge is 0.489 e. The molecule has 1 aliphatic rings. The third-order valence-corrected chi connectivity index (χ3v) is 7.04. The molecule has 176 valence electrons. The number of rotatable bonds is 7. The van der Waals surface area contributed by atoms with E-state index in [1.807, 2.05) is 62.8 Å². The van der Waals surface area contributed by atoms with Crippen LogP contribution < -0.4 is 4.74 Å². The fraction of sp³-hybridized carbons (Fsp3) is 0.346. The van der Waals surface area contributed by atoms with E-state index in [4.69, 9.17) is 20.9 Å². The molecule has 8 heteroatoms. The number of nitrogens with zero attached hydrogens (tertiary/aromatic N) is 3. The molecule has 1 aliphatic carbocycles. The van der Waals surface area contributed by atoms with Gasteiger partial charge < -0.3 is 18.9 Å². The first-order valence-corrected chi connectivity index (χ1v) is 11.7. The number of ether oxygens (including phenoxy) is 1.